The summed E-state index contributed by atoms with van der Waals surface area (Å²) in [6.07, 6.45) is 1.03. The first kappa shape index (κ1) is 6.32. The van der Waals surface area contributed by atoms with Gasteiger partial charge in [0.25, 0.3) is 0 Å². The fraction of sp³-hybridized carbons (Fsp3) is 0.800. The zero-order valence-electron chi connectivity index (χ0n) is 4.48. The first-order chi connectivity index (χ1) is 3.84. The highest BCUT2D eigenvalue weighted by Crippen LogP contribution is 2.11. The third kappa shape index (κ3) is 1.13. The van der Waals surface area contributed by atoms with Gasteiger partial charge < -0.3 is 5.32 Å². The van der Waals surface area contributed by atoms with Crippen molar-refractivity contribution in [1.82, 2.24) is 5.32 Å². The number of carbonyl (C=O) groups is 1. The molecule has 3 heteroatoms. The smallest absolute Gasteiger partial charge is 0.223 e. The highest BCUT2D eigenvalue weighted by atomic mass is 127. The Morgan fingerprint density at radius 3 is 2.88 bits per heavy atom. The molecule has 0 radical (unpaired) electrons. The Bertz CT molecular complexity index is 105. The number of rotatable bonds is 1. The number of halogens is 1. The van der Waals surface area contributed by atoms with Gasteiger partial charge in [0, 0.05) is 16.9 Å². The Kier molecular flexibility index (Phi) is 2.10. The Morgan fingerprint density at radius 1 is 1.88 bits per heavy atom. The summed E-state index contributed by atoms with van der Waals surface area (Å²) in [7, 11) is 0. The molecule has 1 atom stereocenters. The molecule has 0 aliphatic carbocycles. The van der Waals surface area contributed by atoms with Crippen LogP contribution < -0.4 is 5.32 Å². The van der Waals surface area contributed by atoms with Gasteiger partial charge in [0.05, 0.1) is 0 Å². The number of hydrogen-bond acceptors (Lipinski definition) is 1. The molecular formula is C5H8INO. The van der Waals surface area contributed by atoms with Crippen LogP contribution in [0.15, 0.2) is 0 Å². The van der Waals surface area contributed by atoms with Crippen molar-refractivity contribution < 1.29 is 4.79 Å². The van der Waals surface area contributed by atoms with Gasteiger partial charge in [-0.2, -0.15) is 0 Å². The second kappa shape index (κ2) is 2.66. The van der Waals surface area contributed by atoms with E-state index in [1.165, 1.54) is 0 Å². The molecule has 1 saturated heterocycles. The van der Waals surface area contributed by atoms with Crippen molar-refractivity contribution in [3.05, 3.63) is 0 Å². The predicted octanol–water partition coefficient (Wildman–Crippen LogP) is 0.558. The number of nitrogens with one attached hydrogen (secondary N) is 1. The van der Waals surface area contributed by atoms with Gasteiger partial charge in [0.2, 0.25) is 5.91 Å². The summed E-state index contributed by atoms with van der Waals surface area (Å²) in [5.74, 6) is 0.537. The van der Waals surface area contributed by atoms with Crippen molar-refractivity contribution in [2.75, 3.05) is 11.0 Å². The first-order valence-corrected chi connectivity index (χ1v) is 4.21. The first-order valence-electron chi connectivity index (χ1n) is 2.68. The minimum Gasteiger partial charge on any atom is -0.356 e. The molecule has 0 aromatic carbocycles. The molecule has 0 aromatic heterocycles. The van der Waals surface area contributed by atoms with Crippen LogP contribution in [0.2, 0.25) is 0 Å². The number of alkyl halides is 1. The maximum Gasteiger partial charge on any atom is 0.223 e. The fourth-order valence-corrected chi connectivity index (χ4v) is 1.63. The normalized spacial score (nSPS) is 28.1. The Morgan fingerprint density at radius 2 is 2.62 bits per heavy atom. The Hall–Kier alpha value is 0.200. The molecule has 1 amide bonds. The van der Waals surface area contributed by atoms with E-state index < -0.39 is 0 Å². The molecule has 2 nitrogen and oxygen atoms in total. The van der Waals surface area contributed by atoms with Gasteiger partial charge in [0.15, 0.2) is 0 Å². The van der Waals surface area contributed by atoms with Crippen LogP contribution in [0.3, 0.4) is 0 Å². The summed E-state index contributed by atoms with van der Waals surface area (Å²) in [6, 6.07) is 0. The zero-order valence-corrected chi connectivity index (χ0v) is 6.64. The lowest BCUT2D eigenvalue weighted by atomic mass is 10.1. The monoisotopic (exact) mass is 225 g/mol. The van der Waals surface area contributed by atoms with Crippen LogP contribution in [0, 0.1) is 5.92 Å². The molecule has 1 aliphatic heterocycles. The highest BCUT2D eigenvalue weighted by molar-refractivity contribution is 14.1. The Labute approximate surface area is 62.2 Å². The van der Waals surface area contributed by atoms with Crippen molar-refractivity contribution in [1.29, 1.82) is 0 Å². The summed E-state index contributed by atoms with van der Waals surface area (Å²) in [5, 5.41) is 2.78. The third-order valence-corrected chi connectivity index (χ3v) is 2.41. The van der Waals surface area contributed by atoms with Crippen molar-refractivity contribution in [2.24, 2.45) is 5.92 Å². The van der Waals surface area contributed by atoms with Gasteiger partial charge in [-0.3, -0.25) is 4.79 Å². The minimum absolute atomic E-state index is 0.236. The molecule has 0 unspecified atom stereocenters. The van der Waals surface area contributed by atoms with Crippen LogP contribution >= 0.6 is 22.6 Å². The lowest BCUT2D eigenvalue weighted by molar-refractivity contribution is -0.121. The average Bonchev–Trinajstić information content (AvgIpc) is 2.14. The van der Waals surface area contributed by atoms with Gasteiger partial charge in [-0.05, 0) is 6.42 Å². The van der Waals surface area contributed by atoms with E-state index in [0.29, 0.717) is 5.92 Å². The van der Waals surface area contributed by atoms with Crippen LogP contribution in [0.25, 0.3) is 0 Å². The minimum atomic E-state index is 0.236. The molecule has 0 aromatic rings. The lowest BCUT2D eigenvalue weighted by Crippen LogP contribution is -2.19. The van der Waals surface area contributed by atoms with E-state index in [0.717, 1.165) is 17.4 Å². The SMILES string of the molecule is O=C1NCC[C@H]1CI. The van der Waals surface area contributed by atoms with E-state index >= 15 is 0 Å². The van der Waals surface area contributed by atoms with Crippen molar-refractivity contribution in [2.45, 2.75) is 6.42 Å². The third-order valence-electron chi connectivity index (χ3n) is 1.35. The molecule has 1 N–H and O–H groups in total. The maximum atomic E-state index is 10.7. The van der Waals surface area contributed by atoms with Crippen molar-refractivity contribution >= 4 is 28.5 Å². The second-order valence-corrected chi connectivity index (χ2v) is 2.81. The zero-order chi connectivity index (χ0) is 5.98. The molecule has 46 valence electrons. The second-order valence-electron chi connectivity index (χ2n) is 1.93. The largest absolute Gasteiger partial charge is 0.356 e. The summed E-state index contributed by atoms with van der Waals surface area (Å²) < 4.78 is 0.962. The van der Waals surface area contributed by atoms with E-state index in [1.807, 2.05) is 0 Å². The van der Waals surface area contributed by atoms with Crippen molar-refractivity contribution in [3.8, 4) is 0 Å². The van der Waals surface area contributed by atoms with Crippen LogP contribution in [0.4, 0.5) is 0 Å². The standard InChI is InChI=1S/C5H8INO/c6-3-4-1-2-7-5(4)8/h4H,1-3H2,(H,7,8)/t4-/m0/s1. The maximum absolute atomic E-state index is 10.7. The molecule has 1 aliphatic rings. The van der Waals surface area contributed by atoms with Gasteiger partial charge in [-0.15, -0.1) is 0 Å². The van der Waals surface area contributed by atoms with Crippen LogP contribution in [-0.4, -0.2) is 16.9 Å². The van der Waals surface area contributed by atoms with E-state index in [1.54, 1.807) is 0 Å². The molecule has 1 rings (SSSR count). The van der Waals surface area contributed by atoms with Crippen LogP contribution in [-0.2, 0) is 4.79 Å². The fourth-order valence-electron chi connectivity index (χ4n) is 0.792. The van der Waals surface area contributed by atoms with Crippen molar-refractivity contribution in [3.63, 3.8) is 0 Å². The summed E-state index contributed by atoms with van der Waals surface area (Å²) in [5.41, 5.74) is 0. The number of amides is 1. The van der Waals surface area contributed by atoms with E-state index in [4.69, 9.17) is 0 Å². The Balaban J connectivity index is 2.42. The highest BCUT2D eigenvalue weighted by Gasteiger charge is 2.21. The molecule has 0 spiro atoms. The molecule has 8 heavy (non-hydrogen) atoms. The summed E-state index contributed by atoms with van der Waals surface area (Å²) in [4.78, 5) is 10.7. The van der Waals surface area contributed by atoms with Gasteiger partial charge in [-0.1, -0.05) is 22.6 Å². The predicted molar refractivity (Wildman–Crippen MR) is 40.0 cm³/mol. The lowest BCUT2D eigenvalue weighted by Gasteiger charge is -1.96. The summed E-state index contributed by atoms with van der Waals surface area (Å²) >= 11 is 2.24. The molecule has 1 fully saturated rings. The van der Waals surface area contributed by atoms with Gasteiger partial charge in [-0.25, -0.2) is 0 Å². The molecule has 1 heterocycles. The van der Waals surface area contributed by atoms with E-state index in [2.05, 4.69) is 27.9 Å². The average molecular weight is 225 g/mol. The van der Waals surface area contributed by atoms with Crippen LogP contribution in [0.1, 0.15) is 6.42 Å². The van der Waals surface area contributed by atoms with Gasteiger partial charge in [0.1, 0.15) is 0 Å². The number of hydrogen-bond donors (Lipinski definition) is 1. The topological polar surface area (TPSA) is 29.1 Å². The molecule has 0 saturated carbocycles. The molecule has 0 bridgehead atoms. The molecular weight excluding hydrogens is 217 g/mol. The summed E-state index contributed by atoms with van der Waals surface area (Å²) in [6.45, 7) is 0.881. The van der Waals surface area contributed by atoms with E-state index in [-0.39, 0.29) is 5.91 Å². The van der Waals surface area contributed by atoms with E-state index in [9.17, 15) is 4.79 Å². The van der Waals surface area contributed by atoms with Crippen LogP contribution in [0.5, 0.6) is 0 Å². The van der Waals surface area contributed by atoms with Gasteiger partial charge >= 0.3 is 0 Å². The number of carbonyl (C=O) groups excluding carboxylic acids is 1. The quantitative estimate of drug-likeness (QED) is 0.512.